The number of hydrogen-bond acceptors (Lipinski definition) is 4. The predicted octanol–water partition coefficient (Wildman–Crippen LogP) is 4.27. The number of carbonyl (C=O) groups is 1. The van der Waals surface area contributed by atoms with Crippen LogP contribution in [0.5, 0.6) is 0 Å². The molecule has 146 valence electrons. The summed E-state index contributed by atoms with van der Waals surface area (Å²) in [5.41, 5.74) is 1.01. The number of carbonyl (C=O) groups excluding carboxylic acids is 1. The van der Waals surface area contributed by atoms with E-state index in [1.54, 1.807) is 19.2 Å². The van der Waals surface area contributed by atoms with E-state index in [1.807, 2.05) is 11.6 Å². The third-order valence-electron chi connectivity index (χ3n) is 5.30. The summed E-state index contributed by atoms with van der Waals surface area (Å²) < 4.78 is 7.26. The van der Waals surface area contributed by atoms with Gasteiger partial charge in [0.2, 0.25) is 0 Å². The zero-order chi connectivity index (χ0) is 19.7. The van der Waals surface area contributed by atoms with Gasteiger partial charge in [-0.15, -0.1) is 0 Å². The Morgan fingerprint density at radius 1 is 1.30 bits per heavy atom. The number of aromatic nitrogens is 2. The van der Waals surface area contributed by atoms with Gasteiger partial charge in [-0.25, -0.2) is 9.48 Å². The Bertz CT molecular complexity index is 891. The van der Waals surface area contributed by atoms with Crippen molar-refractivity contribution in [1.82, 2.24) is 9.78 Å². The van der Waals surface area contributed by atoms with E-state index in [0.717, 1.165) is 12.0 Å². The van der Waals surface area contributed by atoms with Crippen molar-refractivity contribution in [3.05, 3.63) is 45.1 Å². The molecular formula is C21H29N3O3. The van der Waals surface area contributed by atoms with Gasteiger partial charge in [0, 0.05) is 12.0 Å². The summed E-state index contributed by atoms with van der Waals surface area (Å²) in [4.78, 5) is 25.3. The molecule has 2 heterocycles. The molecule has 6 heteroatoms. The predicted molar refractivity (Wildman–Crippen MR) is 105 cm³/mol. The molecule has 0 aliphatic heterocycles. The van der Waals surface area contributed by atoms with Crippen molar-refractivity contribution in [2.24, 2.45) is 11.8 Å². The van der Waals surface area contributed by atoms with Gasteiger partial charge < -0.3 is 9.73 Å². The van der Waals surface area contributed by atoms with Crippen molar-refractivity contribution in [3.63, 3.8) is 0 Å². The van der Waals surface area contributed by atoms with Crippen LogP contribution in [0.3, 0.4) is 0 Å². The van der Waals surface area contributed by atoms with Crippen molar-refractivity contribution in [3.8, 4) is 0 Å². The first kappa shape index (κ1) is 19.4. The largest absolute Gasteiger partial charge is 0.427 e. The zero-order valence-electron chi connectivity index (χ0n) is 16.8. The molecule has 1 saturated carbocycles. The summed E-state index contributed by atoms with van der Waals surface area (Å²) in [7, 11) is 0. The van der Waals surface area contributed by atoms with E-state index in [0.29, 0.717) is 35.4 Å². The highest BCUT2D eigenvalue weighted by Gasteiger charge is 2.31. The maximum absolute atomic E-state index is 12.8. The molecule has 1 amide bonds. The van der Waals surface area contributed by atoms with Crippen molar-refractivity contribution in [2.75, 3.05) is 5.32 Å². The van der Waals surface area contributed by atoms with Gasteiger partial charge in [0.15, 0.2) is 0 Å². The summed E-state index contributed by atoms with van der Waals surface area (Å²) in [6, 6.07) is 2.03. The minimum absolute atomic E-state index is 0.0644. The van der Waals surface area contributed by atoms with Crippen molar-refractivity contribution in [1.29, 1.82) is 0 Å². The number of amides is 1. The summed E-state index contributed by atoms with van der Waals surface area (Å²) in [6.45, 7) is 10.1. The Morgan fingerprint density at radius 3 is 2.59 bits per heavy atom. The average molecular weight is 371 g/mol. The second-order valence-electron chi connectivity index (χ2n) is 8.14. The monoisotopic (exact) mass is 371 g/mol. The molecule has 3 rings (SSSR count). The van der Waals surface area contributed by atoms with Crippen LogP contribution in [-0.4, -0.2) is 15.7 Å². The molecule has 0 aromatic carbocycles. The third kappa shape index (κ3) is 4.31. The molecule has 2 aromatic rings. The molecule has 1 atom stereocenters. The molecule has 0 spiro atoms. The topological polar surface area (TPSA) is 77.1 Å². The summed E-state index contributed by atoms with van der Waals surface area (Å²) >= 11 is 0. The number of nitrogens with zero attached hydrogens (tertiary/aromatic N) is 2. The quantitative estimate of drug-likeness (QED) is 0.789. The zero-order valence-corrected chi connectivity index (χ0v) is 16.8. The van der Waals surface area contributed by atoms with Gasteiger partial charge >= 0.3 is 5.63 Å². The minimum Gasteiger partial charge on any atom is -0.427 e. The lowest BCUT2D eigenvalue weighted by atomic mass is 10.0. The van der Waals surface area contributed by atoms with E-state index >= 15 is 0 Å². The fourth-order valence-electron chi connectivity index (χ4n) is 3.36. The van der Waals surface area contributed by atoms with Crippen LogP contribution in [-0.2, 0) is 6.42 Å². The summed E-state index contributed by atoms with van der Waals surface area (Å²) in [5, 5.41) is 7.32. The van der Waals surface area contributed by atoms with Crippen LogP contribution in [0, 0.1) is 25.7 Å². The molecule has 0 bridgehead atoms. The Labute approximate surface area is 160 Å². The highest BCUT2D eigenvalue weighted by Crippen LogP contribution is 2.40. The van der Waals surface area contributed by atoms with Gasteiger partial charge in [0.1, 0.15) is 17.1 Å². The maximum atomic E-state index is 12.8. The van der Waals surface area contributed by atoms with Crippen molar-refractivity contribution >= 4 is 11.7 Å². The molecule has 1 unspecified atom stereocenters. The van der Waals surface area contributed by atoms with Gasteiger partial charge in [-0.05, 0) is 63.5 Å². The Kier molecular flexibility index (Phi) is 5.53. The molecule has 6 nitrogen and oxygen atoms in total. The van der Waals surface area contributed by atoms with Gasteiger partial charge in [-0.3, -0.25) is 4.79 Å². The van der Waals surface area contributed by atoms with E-state index in [2.05, 4.69) is 31.2 Å². The molecule has 1 N–H and O–H groups in total. The second kappa shape index (κ2) is 7.71. The summed E-state index contributed by atoms with van der Waals surface area (Å²) in [5.74, 6) is 1.97. The molecule has 2 aromatic heterocycles. The SMILES string of the molecule is Cc1cc(CCC(C)C)oc(=O)c1C(=O)Nc1c(C)cnn1C(C)C1CC1. The van der Waals surface area contributed by atoms with Crippen LogP contribution in [0.2, 0.25) is 0 Å². The van der Waals surface area contributed by atoms with Gasteiger partial charge in [0.25, 0.3) is 5.91 Å². The third-order valence-corrected chi connectivity index (χ3v) is 5.30. The lowest BCUT2D eigenvalue weighted by Crippen LogP contribution is -2.25. The van der Waals surface area contributed by atoms with Crippen molar-refractivity contribution in [2.45, 2.75) is 66.3 Å². The summed E-state index contributed by atoms with van der Waals surface area (Å²) in [6.07, 6.45) is 5.76. The van der Waals surface area contributed by atoms with E-state index in [1.165, 1.54) is 12.8 Å². The van der Waals surface area contributed by atoms with Gasteiger partial charge in [0.05, 0.1) is 12.2 Å². The molecular weight excluding hydrogens is 342 g/mol. The fraction of sp³-hybridized carbons (Fsp3) is 0.571. The van der Waals surface area contributed by atoms with Crippen LogP contribution >= 0.6 is 0 Å². The van der Waals surface area contributed by atoms with Crippen LogP contribution in [0.4, 0.5) is 5.82 Å². The van der Waals surface area contributed by atoms with Crippen LogP contribution < -0.4 is 10.9 Å². The Hall–Kier alpha value is -2.37. The molecule has 0 radical (unpaired) electrons. The van der Waals surface area contributed by atoms with E-state index in [-0.39, 0.29) is 11.6 Å². The normalized spacial score (nSPS) is 15.2. The molecule has 1 aliphatic carbocycles. The number of aryl methyl sites for hydroxylation is 3. The van der Waals surface area contributed by atoms with E-state index in [9.17, 15) is 9.59 Å². The fourth-order valence-corrected chi connectivity index (χ4v) is 3.36. The van der Waals surface area contributed by atoms with E-state index in [4.69, 9.17) is 4.42 Å². The Morgan fingerprint density at radius 2 is 2.00 bits per heavy atom. The first-order chi connectivity index (χ1) is 12.8. The van der Waals surface area contributed by atoms with Crippen LogP contribution in [0.25, 0.3) is 0 Å². The number of anilines is 1. The maximum Gasteiger partial charge on any atom is 0.349 e. The van der Waals surface area contributed by atoms with Crippen LogP contribution in [0.1, 0.15) is 73.3 Å². The first-order valence-electron chi connectivity index (χ1n) is 9.77. The standard InChI is InChI=1S/C21H29N3O3/c1-12(2)6-9-17-10-13(3)18(21(26)27-17)20(25)23-19-14(4)11-22-24(19)15(5)16-7-8-16/h10-12,15-16H,6-9H2,1-5H3,(H,23,25). The van der Waals surface area contributed by atoms with Crippen molar-refractivity contribution < 1.29 is 9.21 Å². The molecule has 1 aliphatic rings. The van der Waals surface area contributed by atoms with Gasteiger partial charge in [-0.2, -0.15) is 5.10 Å². The highest BCUT2D eigenvalue weighted by atomic mass is 16.4. The van der Waals surface area contributed by atoms with Crippen LogP contribution in [0.15, 0.2) is 21.5 Å². The lowest BCUT2D eigenvalue weighted by Gasteiger charge is -2.16. The van der Waals surface area contributed by atoms with E-state index < -0.39 is 11.5 Å². The molecule has 0 saturated heterocycles. The number of nitrogens with one attached hydrogen (secondary N) is 1. The molecule has 1 fully saturated rings. The Balaban J connectivity index is 1.83. The number of hydrogen-bond donors (Lipinski definition) is 1. The highest BCUT2D eigenvalue weighted by molar-refractivity contribution is 6.04. The average Bonchev–Trinajstić information content (AvgIpc) is 3.37. The van der Waals surface area contributed by atoms with Gasteiger partial charge in [-0.1, -0.05) is 13.8 Å². The number of rotatable bonds is 7. The first-order valence-corrected chi connectivity index (χ1v) is 9.77. The lowest BCUT2D eigenvalue weighted by molar-refractivity contribution is 0.102. The minimum atomic E-state index is -0.579. The second-order valence-corrected chi connectivity index (χ2v) is 8.14. The molecule has 27 heavy (non-hydrogen) atoms. The smallest absolute Gasteiger partial charge is 0.349 e.